The lowest BCUT2D eigenvalue weighted by Crippen LogP contribution is -2.38. The number of hydrogen-bond acceptors (Lipinski definition) is 6. The maximum Gasteiger partial charge on any atom is 0.214 e. The molecule has 0 aliphatic rings. The first-order valence-corrected chi connectivity index (χ1v) is 7.51. The normalized spacial score (nSPS) is 13.1. The average Bonchev–Trinajstić information content (AvgIpc) is 2.38. The Morgan fingerprint density at radius 1 is 1.26 bits per heavy atom. The minimum absolute atomic E-state index is 0.000721. The zero-order chi connectivity index (χ0) is 14.7. The van der Waals surface area contributed by atoms with Crippen LogP contribution in [0.15, 0.2) is 5.16 Å². The molecule has 0 radical (unpaired) electrons. The summed E-state index contributed by atoms with van der Waals surface area (Å²) in [7, 11) is -0.369. The van der Waals surface area contributed by atoms with Crippen LogP contribution in [0.4, 0.5) is 0 Å². The van der Waals surface area contributed by atoms with Crippen molar-refractivity contribution in [2.24, 2.45) is 10.9 Å². The highest BCUT2D eigenvalue weighted by atomic mass is 32.2. The molecule has 0 saturated heterocycles. The summed E-state index contributed by atoms with van der Waals surface area (Å²) in [5, 5.41) is 11.3. The minimum atomic E-state index is -3.39. The Kier molecular flexibility index (Phi) is 9.48. The second-order valence-corrected chi connectivity index (χ2v) is 5.98. The zero-order valence-electron chi connectivity index (χ0n) is 11.4. The number of sulfonamides is 1. The molecule has 0 unspecified atom stereocenters. The molecule has 8 nitrogen and oxygen atoms in total. The van der Waals surface area contributed by atoms with E-state index in [1.807, 2.05) is 0 Å². The Balaban J connectivity index is 4.52. The molecular formula is C10H23N3O5S. The number of rotatable bonds is 11. The molecule has 0 bridgehead atoms. The molecule has 0 aromatic rings. The smallest absolute Gasteiger partial charge is 0.214 e. The molecule has 0 aliphatic heterocycles. The lowest BCUT2D eigenvalue weighted by Gasteiger charge is -2.21. The fourth-order valence-electron chi connectivity index (χ4n) is 1.39. The summed E-state index contributed by atoms with van der Waals surface area (Å²) in [6.07, 6.45) is 0.593. The van der Waals surface area contributed by atoms with Gasteiger partial charge in [-0.15, -0.1) is 0 Å². The van der Waals surface area contributed by atoms with E-state index in [1.165, 1.54) is 18.5 Å². The molecule has 0 amide bonds. The number of nitrogens with zero attached hydrogens (tertiary/aromatic N) is 2. The first-order chi connectivity index (χ1) is 8.97. The molecule has 9 heteroatoms. The monoisotopic (exact) mass is 297 g/mol. The van der Waals surface area contributed by atoms with Crippen molar-refractivity contribution < 1.29 is 23.1 Å². The molecule has 0 spiro atoms. The predicted octanol–water partition coefficient (Wildman–Crippen LogP) is -0.562. The van der Waals surface area contributed by atoms with Crippen LogP contribution >= 0.6 is 0 Å². The Bertz CT molecular complexity index is 358. The highest BCUT2D eigenvalue weighted by molar-refractivity contribution is 7.89. The molecule has 0 atom stereocenters. The predicted molar refractivity (Wildman–Crippen MR) is 71.8 cm³/mol. The maximum atomic E-state index is 12.1. The van der Waals surface area contributed by atoms with Gasteiger partial charge in [-0.3, -0.25) is 0 Å². The zero-order valence-corrected chi connectivity index (χ0v) is 12.2. The lowest BCUT2D eigenvalue weighted by atomic mass is 10.4. The van der Waals surface area contributed by atoms with E-state index in [-0.39, 0.29) is 31.1 Å². The van der Waals surface area contributed by atoms with Crippen LogP contribution in [0, 0.1) is 0 Å². The van der Waals surface area contributed by atoms with Gasteiger partial charge in [0, 0.05) is 40.3 Å². The third-order valence-corrected chi connectivity index (χ3v) is 4.39. The quantitative estimate of drug-likeness (QED) is 0.174. The van der Waals surface area contributed by atoms with Crippen LogP contribution in [0.2, 0.25) is 0 Å². The number of hydrogen-bond donors (Lipinski definition) is 2. The van der Waals surface area contributed by atoms with Crippen molar-refractivity contribution >= 4 is 15.9 Å². The average molecular weight is 297 g/mol. The van der Waals surface area contributed by atoms with Crippen LogP contribution in [0.3, 0.4) is 0 Å². The van der Waals surface area contributed by atoms with Gasteiger partial charge in [-0.2, -0.15) is 4.31 Å². The molecule has 0 fully saturated rings. The highest BCUT2D eigenvalue weighted by Crippen LogP contribution is 2.05. The second-order valence-electron chi connectivity index (χ2n) is 3.90. The van der Waals surface area contributed by atoms with E-state index in [1.54, 1.807) is 0 Å². The number of nitrogens with two attached hydrogens (primary N) is 1. The molecule has 0 aromatic carbocycles. The van der Waals surface area contributed by atoms with E-state index in [0.29, 0.717) is 19.6 Å². The molecule has 0 aliphatic carbocycles. The molecule has 0 heterocycles. The van der Waals surface area contributed by atoms with E-state index in [2.05, 4.69) is 5.16 Å². The maximum absolute atomic E-state index is 12.1. The van der Waals surface area contributed by atoms with E-state index < -0.39 is 10.0 Å². The fourth-order valence-corrected chi connectivity index (χ4v) is 2.85. The fraction of sp³-hybridized carbons (Fsp3) is 0.900. The lowest BCUT2D eigenvalue weighted by molar-refractivity contribution is 0.179. The van der Waals surface area contributed by atoms with Crippen molar-refractivity contribution in [3.8, 4) is 0 Å². The van der Waals surface area contributed by atoms with Gasteiger partial charge in [-0.25, -0.2) is 8.42 Å². The van der Waals surface area contributed by atoms with Crippen LogP contribution in [0.25, 0.3) is 0 Å². The molecular weight excluding hydrogens is 274 g/mol. The van der Waals surface area contributed by atoms with Crippen LogP contribution in [0.5, 0.6) is 0 Å². The largest absolute Gasteiger partial charge is 0.409 e. The first-order valence-electron chi connectivity index (χ1n) is 5.90. The Morgan fingerprint density at radius 2 is 1.89 bits per heavy atom. The topological polar surface area (TPSA) is 114 Å². The van der Waals surface area contributed by atoms with Crippen LogP contribution in [-0.2, 0) is 19.5 Å². The van der Waals surface area contributed by atoms with Gasteiger partial charge in [0.1, 0.15) is 5.84 Å². The second kappa shape index (κ2) is 9.96. The summed E-state index contributed by atoms with van der Waals surface area (Å²) < 4.78 is 35.2. The number of oxime groups is 1. The molecule has 0 aromatic heterocycles. The van der Waals surface area contributed by atoms with Gasteiger partial charge in [-0.1, -0.05) is 5.16 Å². The van der Waals surface area contributed by atoms with Crippen molar-refractivity contribution in [1.29, 1.82) is 0 Å². The molecule has 0 saturated carbocycles. The van der Waals surface area contributed by atoms with E-state index >= 15 is 0 Å². The van der Waals surface area contributed by atoms with Gasteiger partial charge in [-0.05, 0) is 6.42 Å². The van der Waals surface area contributed by atoms with Gasteiger partial charge >= 0.3 is 0 Å². The minimum Gasteiger partial charge on any atom is -0.409 e. The van der Waals surface area contributed by atoms with Gasteiger partial charge in [0.25, 0.3) is 0 Å². The Labute approximate surface area is 114 Å². The van der Waals surface area contributed by atoms with E-state index in [0.717, 1.165) is 0 Å². The van der Waals surface area contributed by atoms with Crippen molar-refractivity contribution in [3.05, 3.63) is 0 Å². The highest BCUT2D eigenvalue weighted by Gasteiger charge is 2.21. The summed E-state index contributed by atoms with van der Waals surface area (Å²) in [5.74, 6) is -0.00436. The summed E-state index contributed by atoms with van der Waals surface area (Å²) in [6, 6.07) is 0. The van der Waals surface area contributed by atoms with Gasteiger partial charge in [0.15, 0.2) is 0 Å². The van der Waals surface area contributed by atoms with Gasteiger partial charge in [0.05, 0.1) is 12.4 Å². The SMILES string of the molecule is COCCCS(=O)(=O)N(CCOC)CCC(N)=NO. The van der Waals surface area contributed by atoms with Gasteiger partial charge in [0.2, 0.25) is 10.0 Å². The number of amidine groups is 1. The van der Waals surface area contributed by atoms with Crippen molar-refractivity contribution in [2.75, 3.05) is 46.3 Å². The third kappa shape index (κ3) is 7.98. The van der Waals surface area contributed by atoms with E-state index in [9.17, 15) is 8.42 Å². The summed E-state index contributed by atoms with van der Waals surface area (Å²) in [5.41, 5.74) is 5.34. The van der Waals surface area contributed by atoms with Crippen LogP contribution in [-0.4, -0.2) is 70.0 Å². The number of ether oxygens (including phenoxy) is 2. The standard InChI is InChI=1S/C10H23N3O5S/c1-17-7-3-9-19(15,16)13(6-8-18-2)5-4-10(11)12-14/h14H,3-9H2,1-2H3,(H2,11,12). The first kappa shape index (κ1) is 18.1. The Hall–Kier alpha value is -0.900. The van der Waals surface area contributed by atoms with Crippen LogP contribution in [0.1, 0.15) is 12.8 Å². The van der Waals surface area contributed by atoms with E-state index in [4.69, 9.17) is 20.4 Å². The molecule has 0 rings (SSSR count). The summed E-state index contributed by atoms with van der Waals surface area (Å²) in [4.78, 5) is 0. The number of methoxy groups -OCH3 is 2. The molecule has 3 N–H and O–H groups in total. The third-order valence-electron chi connectivity index (χ3n) is 2.43. The molecule has 114 valence electrons. The Morgan fingerprint density at radius 3 is 2.42 bits per heavy atom. The molecule has 19 heavy (non-hydrogen) atoms. The van der Waals surface area contributed by atoms with Crippen molar-refractivity contribution in [1.82, 2.24) is 4.31 Å². The van der Waals surface area contributed by atoms with Gasteiger partial charge < -0.3 is 20.4 Å². The summed E-state index contributed by atoms with van der Waals surface area (Å²) >= 11 is 0. The summed E-state index contributed by atoms with van der Waals surface area (Å²) in [6.45, 7) is 1.08. The van der Waals surface area contributed by atoms with Crippen molar-refractivity contribution in [3.63, 3.8) is 0 Å². The van der Waals surface area contributed by atoms with Crippen molar-refractivity contribution in [2.45, 2.75) is 12.8 Å². The van der Waals surface area contributed by atoms with Crippen LogP contribution < -0.4 is 5.73 Å².